The number of carbonyl (C=O) groups excluding carboxylic acids is 4. The van der Waals surface area contributed by atoms with E-state index in [1.807, 2.05) is 6.92 Å². The highest BCUT2D eigenvalue weighted by molar-refractivity contribution is 8.00. The van der Waals surface area contributed by atoms with E-state index in [0.717, 1.165) is 4.90 Å². The summed E-state index contributed by atoms with van der Waals surface area (Å²) in [4.78, 5) is 54.0. The molecule has 1 saturated heterocycles. The minimum Gasteiger partial charge on any atom is -0.494 e. The molecule has 4 aromatic rings. The van der Waals surface area contributed by atoms with Crippen molar-refractivity contribution in [3.05, 3.63) is 125 Å². The monoisotopic (exact) mass is 625 g/mol. The van der Waals surface area contributed by atoms with Gasteiger partial charge in [-0.3, -0.25) is 19.2 Å². The second-order valence-electron chi connectivity index (χ2n) is 9.71. The Balaban J connectivity index is 1.26. The molecule has 1 aliphatic heterocycles. The summed E-state index contributed by atoms with van der Waals surface area (Å²) in [7, 11) is 0. The molecule has 0 saturated carbocycles. The number of benzene rings is 4. The maximum absolute atomic E-state index is 13.3. The van der Waals surface area contributed by atoms with Crippen molar-refractivity contribution in [2.45, 2.75) is 23.5 Å². The second kappa shape index (κ2) is 14.1. The van der Waals surface area contributed by atoms with Crippen molar-refractivity contribution in [3.8, 4) is 5.75 Å². The van der Waals surface area contributed by atoms with Crippen molar-refractivity contribution in [2.24, 2.45) is 0 Å². The van der Waals surface area contributed by atoms with Gasteiger partial charge in [0.15, 0.2) is 0 Å². The average molecular weight is 626 g/mol. The Morgan fingerprint density at radius 2 is 1.61 bits per heavy atom. The molecule has 1 aliphatic rings. The van der Waals surface area contributed by atoms with Gasteiger partial charge in [-0.2, -0.15) is 0 Å². The number of nitrogens with one attached hydrogen (secondary N) is 2. The first-order valence-electron chi connectivity index (χ1n) is 13.8. The molecule has 5 rings (SSSR count). The molecule has 0 radical (unpaired) electrons. The van der Waals surface area contributed by atoms with Crippen LogP contribution in [0.3, 0.4) is 0 Å². The molecule has 2 N–H and O–H groups in total. The van der Waals surface area contributed by atoms with Crippen LogP contribution >= 0.6 is 23.4 Å². The predicted octanol–water partition coefficient (Wildman–Crippen LogP) is 6.57. The van der Waals surface area contributed by atoms with Crippen LogP contribution in [0.1, 0.15) is 29.3 Å². The number of rotatable bonds is 10. The summed E-state index contributed by atoms with van der Waals surface area (Å²) in [6.07, 6.45) is 1.64. The van der Waals surface area contributed by atoms with Crippen LogP contribution in [-0.4, -0.2) is 35.5 Å². The first-order chi connectivity index (χ1) is 21.3. The number of nitrogens with zero attached hydrogens (tertiary/aromatic N) is 1. The van der Waals surface area contributed by atoms with Crippen molar-refractivity contribution >= 4 is 64.4 Å². The number of ether oxygens (including phenoxy) is 1. The summed E-state index contributed by atoms with van der Waals surface area (Å²) in [5.74, 6) is -0.833. The molecule has 222 valence electrons. The summed E-state index contributed by atoms with van der Waals surface area (Å²) in [5, 5.41) is 5.49. The van der Waals surface area contributed by atoms with Gasteiger partial charge in [0.05, 0.1) is 17.5 Å². The third-order valence-electron chi connectivity index (χ3n) is 6.61. The number of amides is 4. The zero-order valence-electron chi connectivity index (χ0n) is 23.7. The number of hydrogen-bond donors (Lipinski definition) is 2. The highest BCUT2D eigenvalue weighted by atomic mass is 35.5. The van der Waals surface area contributed by atoms with Crippen molar-refractivity contribution in [1.82, 2.24) is 5.32 Å². The van der Waals surface area contributed by atoms with Crippen molar-refractivity contribution in [1.29, 1.82) is 0 Å². The van der Waals surface area contributed by atoms with Crippen molar-refractivity contribution in [2.75, 3.05) is 16.8 Å². The van der Waals surface area contributed by atoms with Gasteiger partial charge in [-0.1, -0.05) is 41.9 Å². The molecule has 0 bridgehead atoms. The summed E-state index contributed by atoms with van der Waals surface area (Å²) in [6.45, 7) is 2.40. The maximum Gasteiger partial charge on any atom is 0.272 e. The predicted molar refractivity (Wildman–Crippen MR) is 173 cm³/mol. The molecule has 1 fully saturated rings. The van der Waals surface area contributed by atoms with Gasteiger partial charge in [0.1, 0.15) is 11.4 Å². The summed E-state index contributed by atoms with van der Waals surface area (Å²) < 4.78 is 5.44. The lowest BCUT2D eigenvalue weighted by Crippen LogP contribution is -2.31. The lowest BCUT2D eigenvalue weighted by atomic mass is 10.1. The fourth-order valence-corrected chi connectivity index (χ4v) is 5.65. The summed E-state index contributed by atoms with van der Waals surface area (Å²) >= 11 is 7.29. The first kappa shape index (κ1) is 30.6. The molecular weight excluding hydrogens is 598 g/mol. The lowest BCUT2D eigenvalue weighted by Gasteiger charge is -2.15. The molecular formula is C34H28ClN3O5S. The Kier molecular flexibility index (Phi) is 9.79. The Hall–Kier alpha value is -4.86. The van der Waals surface area contributed by atoms with Crippen molar-refractivity contribution in [3.63, 3.8) is 0 Å². The van der Waals surface area contributed by atoms with E-state index in [1.165, 1.54) is 16.7 Å². The number of imide groups is 1. The number of thioether (sulfide) groups is 1. The summed E-state index contributed by atoms with van der Waals surface area (Å²) in [5.41, 5.74) is 2.12. The topological polar surface area (TPSA) is 105 Å². The highest BCUT2D eigenvalue weighted by Crippen LogP contribution is 2.35. The van der Waals surface area contributed by atoms with Crippen LogP contribution in [0, 0.1) is 0 Å². The third kappa shape index (κ3) is 7.55. The van der Waals surface area contributed by atoms with E-state index in [1.54, 1.807) is 109 Å². The molecule has 44 heavy (non-hydrogen) atoms. The Morgan fingerprint density at radius 1 is 0.932 bits per heavy atom. The van der Waals surface area contributed by atoms with Gasteiger partial charge in [-0.15, -0.1) is 11.8 Å². The lowest BCUT2D eigenvalue weighted by molar-refractivity contribution is -0.121. The molecule has 0 aliphatic carbocycles. The number of anilines is 2. The molecule has 8 nitrogen and oxygen atoms in total. The smallest absolute Gasteiger partial charge is 0.272 e. The van der Waals surface area contributed by atoms with E-state index in [2.05, 4.69) is 10.6 Å². The normalized spacial score (nSPS) is 14.8. The van der Waals surface area contributed by atoms with Gasteiger partial charge >= 0.3 is 0 Å². The van der Waals surface area contributed by atoms with Gasteiger partial charge in [-0.25, -0.2) is 4.90 Å². The summed E-state index contributed by atoms with van der Waals surface area (Å²) in [6, 6.07) is 29.2. The standard InChI is InChI=1S/C34H28ClN3O5S/c1-2-43-27-16-14-26(15-17-27)38-31(39)21-30(34(38)42)44-28-18-12-25(13-19-28)36-33(41)29(20-22-8-10-24(35)11-9-22)37-32(40)23-6-4-3-5-7-23/h3-20,30H,2,21H2,1H3,(H,36,41)(H,37,40)/b29-20-. The van der Waals surface area contributed by atoms with Crippen LogP contribution in [0.25, 0.3) is 6.08 Å². The first-order valence-corrected chi connectivity index (χ1v) is 15.1. The number of carbonyl (C=O) groups is 4. The fourth-order valence-electron chi connectivity index (χ4n) is 4.47. The zero-order chi connectivity index (χ0) is 31.1. The highest BCUT2D eigenvalue weighted by Gasteiger charge is 2.40. The Morgan fingerprint density at radius 3 is 2.27 bits per heavy atom. The molecule has 1 heterocycles. The molecule has 1 unspecified atom stereocenters. The zero-order valence-corrected chi connectivity index (χ0v) is 25.2. The number of hydrogen-bond acceptors (Lipinski definition) is 6. The fraction of sp³-hybridized carbons (Fsp3) is 0.118. The van der Waals surface area contributed by atoms with E-state index < -0.39 is 17.1 Å². The second-order valence-corrected chi connectivity index (χ2v) is 11.4. The Bertz CT molecular complexity index is 1690. The largest absolute Gasteiger partial charge is 0.494 e. The Labute approximate surface area is 264 Å². The van der Waals surface area contributed by atoms with E-state index in [-0.39, 0.29) is 23.9 Å². The van der Waals surface area contributed by atoms with Crippen molar-refractivity contribution < 1.29 is 23.9 Å². The minimum absolute atomic E-state index is 0.0454. The molecule has 0 spiro atoms. The maximum atomic E-state index is 13.3. The van der Waals surface area contributed by atoms with Crippen LogP contribution < -0.4 is 20.3 Å². The quantitative estimate of drug-likeness (QED) is 0.153. The van der Waals surface area contributed by atoms with Crippen LogP contribution in [0.4, 0.5) is 11.4 Å². The third-order valence-corrected chi connectivity index (χ3v) is 8.06. The van der Waals surface area contributed by atoms with Crippen LogP contribution in [0.5, 0.6) is 5.75 Å². The van der Waals surface area contributed by atoms with Gasteiger partial charge < -0.3 is 15.4 Å². The molecule has 10 heteroatoms. The molecule has 0 aromatic heterocycles. The average Bonchev–Trinajstić information content (AvgIpc) is 3.31. The van der Waals surface area contributed by atoms with Crippen LogP contribution in [-0.2, 0) is 14.4 Å². The molecule has 1 atom stereocenters. The van der Waals surface area contributed by atoms with E-state index >= 15 is 0 Å². The van der Waals surface area contributed by atoms with Gasteiger partial charge in [0.25, 0.3) is 11.8 Å². The number of halogens is 1. The van der Waals surface area contributed by atoms with Gasteiger partial charge in [0, 0.05) is 27.6 Å². The van der Waals surface area contributed by atoms with E-state index in [4.69, 9.17) is 16.3 Å². The van der Waals surface area contributed by atoms with E-state index in [0.29, 0.717) is 39.9 Å². The minimum atomic E-state index is -0.573. The SMILES string of the molecule is CCOc1ccc(N2C(=O)CC(Sc3ccc(NC(=O)/C(=C/c4ccc(Cl)cc4)NC(=O)c4ccccc4)cc3)C2=O)cc1. The van der Waals surface area contributed by atoms with Gasteiger partial charge in [-0.05, 0) is 91.4 Å². The van der Waals surface area contributed by atoms with Gasteiger partial charge in [0.2, 0.25) is 11.8 Å². The molecule has 4 amide bonds. The van der Waals surface area contributed by atoms with E-state index in [9.17, 15) is 19.2 Å². The van der Waals surface area contributed by atoms with Crippen LogP contribution in [0.15, 0.2) is 114 Å². The molecule has 4 aromatic carbocycles. The van der Waals surface area contributed by atoms with Crippen LogP contribution in [0.2, 0.25) is 5.02 Å².